The second-order valence-corrected chi connectivity index (χ2v) is 5.18. The molecule has 3 N–H and O–H groups in total. The van der Waals surface area contributed by atoms with Gasteiger partial charge in [-0.15, -0.1) is 0 Å². The van der Waals surface area contributed by atoms with E-state index in [4.69, 9.17) is 12.2 Å². The van der Waals surface area contributed by atoms with Crippen molar-refractivity contribution in [1.82, 2.24) is 10.9 Å². The second-order valence-electron chi connectivity index (χ2n) is 4.78. The third kappa shape index (κ3) is 6.20. The number of carbonyl (C=O) groups is 1. The fourth-order valence-electron chi connectivity index (χ4n) is 1.53. The molecule has 0 aliphatic heterocycles. The number of benzene rings is 1. The fourth-order valence-corrected chi connectivity index (χ4v) is 1.70. The fraction of sp³-hybridized carbons (Fsp3) is 0.429. The molecule has 1 rings (SSSR count). The van der Waals surface area contributed by atoms with Crippen LogP contribution < -0.4 is 16.2 Å². The SMILES string of the molecule is CCc1ccc(NC(=S)NNC(=O)CC(C)C)cc1. The first kappa shape index (κ1) is 15.4. The highest BCUT2D eigenvalue weighted by Crippen LogP contribution is 2.09. The maximum atomic E-state index is 11.4. The minimum Gasteiger partial charge on any atom is -0.331 e. The lowest BCUT2D eigenvalue weighted by Gasteiger charge is -2.12. The van der Waals surface area contributed by atoms with E-state index in [1.807, 2.05) is 38.1 Å². The molecule has 104 valence electrons. The van der Waals surface area contributed by atoms with Crippen LogP contribution in [0.25, 0.3) is 0 Å². The van der Waals surface area contributed by atoms with Crippen LogP contribution in [0, 0.1) is 5.92 Å². The zero-order chi connectivity index (χ0) is 14.3. The number of thiocarbonyl (C=S) groups is 1. The molecule has 0 saturated carbocycles. The zero-order valence-corrected chi connectivity index (χ0v) is 12.4. The first-order valence-electron chi connectivity index (χ1n) is 6.46. The molecule has 4 nitrogen and oxygen atoms in total. The average Bonchev–Trinajstić information content (AvgIpc) is 2.36. The van der Waals surface area contributed by atoms with Crippen LogP contribution >= 0.6 is 12.2 Å². The van der Waals surface area contributed by atoms with E-state index in [0.29, 0.717) is 17.5 Å². The summed E-state index contributed by atoms with van der Waals surface area (Å²) >= 11 is 5.09. The van der Waals surface area contributed by atoms with Gasteiger partial charge in [-0.1, -0.05) is 32.9 Å². The van der Waals surface area contributed by atoms with Crippen molar-refractivity contribution in [2.24, 2.45) is 5.92 Å². The molecule has 0 aliphatic carbocycles. The van der Waals surface area contributed by atoms with Crippen molar-refractivity contribution in [2.45, 2.75) is 33.6 Å². The number of anilines is 1. The number of rotatable bonds is 4. The normalized spacial score (nSPS) is 10.1. The van der Waals surface area contributed by atoms with E-state index >= 15 is 0 Å². The molecule has 0 saturated heterocycles. The summed E-state index contributed by atoms with van der Waals surface area (Å²) in [7, 11) is 0. The van der Waals surface area contributed by atoms with Crippen molar-refractivity contribution in [3.63, 3.8) is 0 Å². The summed E-state index contributed by atoms with van der Waals surface area (Å²) in [4.78, 5) is 11.4. The molecule has 0 heterocycles. The van der Waals surface area contributed by atoms with Gasteiger partial charge in [0.15, 0.2) is 5.11 Å². The Bertz CT molecular complexity index is 429. The Balaban J connectivity index is 2.36. The quantitative estimate of drug-likeness (QED) is 0.586. The highest BCUT2D eigenvalue weighted by atomic mass is 32.1. The first-order valence-corrected chi connectivity index (χ1v) is 6.87. The first-order chi connectivity index (χ1) is 9.01. The van der Waals surface area contributed by atoms with Gasteiger partial charge < -0.3 is 5.32 Å². The number of hydrogen-bond acceptors (Lipinski definition) is 2. The number of amides is 1. The topological polar surface area (TPSA) is 53.2 Å². The van der Waals surface area contributed by atoms with Gasteiger partial charge in [0.25, 0.3) is 0 Å². The van der Waals surface area contributed by atoms with Gasteiger partial charge >= 0.3 is 0 Å². The van der Waals surface area contributed by atoms with Crippen molar-refractivity contribution >= 4 is 28.9 Å². The Morgan fingerprint density at radius 1 is 1.21 bits per heavy atom. The summed E-state index contributed by atoms with van der Waals surface area (Å²) in [6, 6.07) is 8.01. The van der Waals surface area contributed by atoms with Gasteiger partial charge in [-0.3, -0.25) is 15.6 Å². The smallest absolute Gasteiger partial charge is 0.238 e. The number of aryl methyl sites for hydroxylation is 1. The van der Waals surface area contributed by atoms with Crippen LogP contribution in [0.4, 0.5) is 5.69 Å². The molecule has 19 heavy (non-hydrogen) atoms. The lowest BCUT2D eigenvalue weighted by atomic mass is 10.1. The van der Waals surface area contributed by atoms with Crippen molar-refractivity contribution < 1.29 is 4.79 Å². The van der Waals surface area contributed by atoms with E-state index in [2.05, 4.69) is 23.1 Å². The summed E-state index contributed by atoms with van der Waals surface area (Å²) in [5.74, 6) is 0.255. The molecule has 0 aliphatic rings. The maximum absolute atomic E-state index is 11.4. The summed E-state index contributed by atoms with van der Waals surface area (Å²) < 4.78 is 0. The number of nitrogens with one attached hydrogen (secondary N) is 3. The monoisotopic (exact) mass is 279 g/mol. The molecule has 5 heteroatoms. The molecule has 0 radical (unpaired) electrons. The van der Waals surface area contributed by atoms with Gasteiger partial charge in [0.05, 0.1) is 0 Å². The van der Waals surface area contributed by atoms with Gasteiger partial charge in [-0.05, 0) is 42.3 Å². The standard InChI is InChI=1S/C14H21N3OS/c1-4-11-5-7-12(8-6-11)15-14(19)17-16-13(18)9-10(2)3/h5-8,10H,4,9H2,1-3H3,(H,16,18)(H2,15,17,19). The Labute approximate surface area is 119 Å². The Morgan fingerprint density at radius 3 is 2.37 bits per heavy atom. The largest absolute Gasteiger partial charge is 0.331 e. The van der Waals surface area contributed by atoms with Crippen LogP contribution in [-0.2, 0) is 11.2 Å². The van der Waals surface area contributed by atoms with Gasteiger partial charge in [0, 0.05) is 12.1 Å². The van der Waals surface area contributed by atoms with Crippen LogP contribution in [0.1, 0.15) is 32.8 Å². The lowest BCUT2D eigenvalue weighted by Crippen LogP contribution is -2.44. The third-order valence-electron chi connectivity index (χ3n) is 2.53. The minimum atomic E-state index is -0.0690. The molecule has 0 unspecified atom stereocenters. The Hall–Kier alpha value is -1.62. The highest BCUT2D eigenvalue weighted by Gasteiger charge is 2.04. The molecule has 1 aromatic carbocycles. The molecule has 1 aromatic rings. The average molecular weight is 279 g/mol. The van der Waals surface area contributed by atoms with Crippen molar-refractivity contribution in [3.05, 3.63) is 29.8 Å². The van der Waals surface area contributed by atoms with Crippen LogP contribution in [0.2, 0.25) is 0 Å². The molecule has 0 fully saturated rings. The molecule has 1 amide bonds. The molecular formula is C14H21N3OS. The molecule has 0 spiro atoms. The zero-order valence-electron chi connectivity index (χ0n) is 11.6. The van der Waals surface area contributed by atoms with Gasteiger partial charge in [0.1, 0.15) is 0 Å². The van der Waals surface area contributed by atoms with E-state index in [1.54, 1.807) is 0 Å². The number of hydrazine groups is 1. The third-order valence-corrected chi connectivity index (χ3v) is 2.73. The van der Waals surface area contributed by atoms with Gasteiger partial charge in [-0.25, -0.2) is 0 Å². The van der Waals surface area contributed by atoms with E-state index in [1.165, 1.54) is 5.56 Å². The molecule has 0 atom stereocenters. The predicted molar refractivity (Wildman–Crippen MR) is 82.8 cm³/mol. The number of hydrogen-bond donors (Lipinski definition) is 3. The lowest BCUT2D eigenvalue weighted by molar-refractivity contribution is -0.122. The summed E-state index contributed by atoms with van der Waals surface area (Å²) in [5, 5.41) is 3.38. The van der Waals surface area contributed by atoms with Crippen molar-refractivity contribution in [1.29, 1.82) is 0 Å². The van der Waals surface area contributed by atoms with Crippen LogP contribution in [0.15, 0.2) is 24.3 Å². The molecule has 0 aromatic heterocycles. The van der Waals surface area contributed by atoms with Crippen molar-refractivity contribution in [2.75, 3.05) is 5.32 Å². The van der Waals surface area contributed by atoms with E-state index in [0.717, 1.165) is 12.1 Å². The Morgan fingerprint density at radius 2 is 1.84 bits per heavy atom. The van der Waals surface area contributed by atoms with Gasteiger partial charge in [0.2, 0.25) is 5.91 Å². The van der Waals surface area contributed by atoms with E-state index in [9.17, 15) is 4.79 Å². The van der Waals surface area contributed by atoms with E-state index in [-0.39, 0.29) is 5.91 Å². The highest BCUT2D eigenvalue weighted by molar-refractivity contribution is 7.80. The predicted octanol–water partition coefficient (Wildman–Crippen LogP) is 2.61. The van der Waals surface area contributed by atoms with E-state index < -0.39 is 0 Å². The summed E-state index contributed by atoms with van der Waals surface area (Å²) in [6.07, 6.45) is 1.48. The second kappa shape index (κ2) is 7.74. The van der Waals surface area contributed by atoms with Crippen molar-refractivity contribution in [3.8, 4) is 0 Å². The van der Waals surface area contributed by atoms with Gasteiger partial charge in [-0.2, -0.15) is 0 Å². The number of carbonyl (C=O) groups excluding carboxylic acids is 1. The Kier molecular flexibility index (Phi) is 6.29. The molecule has 0 bridgehead atoms. The summed E-state index contributed by atoms with van der Waals surface area (Å²) in [5.41, 5.74) is 7.42. The van der Waals surface area contributed by atoms with Crippen LogP contribution in [-0.4, -0.2) is 11.0 Å². The van der Waals surface area contributed by atoms with Crippen LogP contribution in [0.5, 0.6) is 0 Å². The summed E-state index contributed by atoms with van der Waals surface area (Å²) in [6.45, 7) is 6.09. The molecular weight excluding hydrogens is 258 g/mol. The van der Waals surface area contributed by atoms with Crippen LogP contribution in [0.3, 0.4) is 0 Å². The minimum absolute atomic E-state index is 0.0690. The maximum Gasteiger partial charge on any atom is 0.238 e.